The number of carbonyl (C=O) groups is 1. The zero-order chi connectivity index (χ0) is 23.5. The van der Waals surface area contributed by atoms with Gasteiger partial charge in [-0.1, -0.05) is 0 Å². The SMILES string of the molecule is Cc1ncc(Nc2nc(N[C@H](C)[C@@H](NC(=O)O)C3CC3)c(F)cc2C#N)cc1-n1nccn1. The predicted molar refractivity (Wildman–Crippen MR) is 117 cm³/mol. The number of nitriles is 1. The summed E-state index contributed by atoms with van der Waals surface area (Å²) in [5.41, 5.74) is 1.83. The van der Waals surface area contributed by atoms with Crippen LogP contribution in [0.15, 0.2) is 30.7 Å². The molecule has 0 radical (unpaired) electrons. The fourth-order valence-corrected chi connectivity index (χ4v) is 3.59. The summed E-state index contributed by atoms with van der Waals surface area (Å²) in [4.78, 5) is 21.2. The monoisotopic (exact) mass is 451 g/mol. The van der Waals surface area contributed by atoms with Gasteiger partial charge < -0.3 is 21.1 Å². The summed E-state index contributed by atoms with van der Waals surface area (Å²) in [7, 11) is 0. The third kappa shape index (κ3) is 4.98. The number of rotatable bonds is 8. The molecule has 33 heavy (non-hydrogen) atoms. The fraction of sp³-hybridized carbons (Fsp3) is 0.333. The van der Waals surface area contributed by atoms with Crippen molar-refractivity contribution in [2.75, 3.05) is 10.6 Å². The molecule has 1 aliphatic rings. The lowest BCUT2D eigenvalue weighted by atomic mass is 10.1. The average Bonchev–Trinajstić information content (AvgIpc) is 3.48. The van der Waals surface area contributed by atoms with E-state index in [0.29, 0.717) is 17.1 Å². The largest absolute Gasteiger partial charge is 0.465 e. The number of nitrogens with zero attached hydrogens (tertiary/aromatic N) is 6. The minimum absolute atomic E-state index is 0.00689. The maximum Gasteiger partial charge on any atom is 0.404 e. The molecular weight excluding hydrogens is 429 g/mol. The molecule has 11 nitrogen and oxygen atoms in total. The maximum atomic E-state index is 14.7. The van der Waals surface area contributed by atoms with Crippen LogP contribution in [-0.4, -0.2) is 48.2 Å². The van der Waals surface area contributed by atoms with Crippen molar-refractivity contribution >= 4 is 23.4 Å². The Bertz CT molecular complexity index is 1210. The number of aryl methyl sites for hydroxylation is 1. The summed E-state index contributed by atoms with van der Waals surface area (Å²) in [5.74, 6) is -0.475. The van der Waals surface area contributed by atoms with Gasteiger partial charge in [0.2, 0.25) is 0 Å². The molecule has 1 aliphatic carbocycles. The van der Waals surface area contributed by atoms with Gasteiger partial charge in [-0.05, 0) is 44.7 Å². The molecule has 1 amide bonds. The quantitative estimate of drug-likeness (QED) is 0.405. The van der Waals surface area contributed by atoms with Gasteiger partial charge >= 0.3 is 6.09 Å². The van der Waals surface area contributed by atoms with Crippen LogP contribution in [-0.2, 0) is 0 Å². The minimum atomic E-state index is -1.13. The second-order valence-corrected chi connectivity index (χ2v) is 7.84. The van der Waals surface area contributed by atoms with Gasteiger partial charge in [-0.2, -0.15) is 15.5 Å². The Hall–Kier alpha value is -4.27. The average molecular weight is 451 g/mol. The highest BCUT2D eigenvalue weighted by atomic mass is 19.1. The van der Waals surface area contributed by atoms with E-state index in [1.165, 1.54) is 4.80 Å². The molecular formula is C21H22FN9O2. The standard InChI is InChI=1S/C21H22FN9O2/c1-11-17(31-25-5-6-26-31)8-15(10-24-11)28-19-14(9-23)7-16(22)20(30-19)27-12(2)18(13-3-4-13)29-21(32)33/h5-8,10,12-13,18,29H,3-4H2,1-2H3,(H,32,33)(H2,27,28,30)/t12-,18-/m1/s1. The number of amides is 1. The zero-order valence-corrected chi connectivity index (χ0v) is 17.9. The van der Waals surface area contributed by atoms with Crippen molar-refractivity contribution in [3.05, 3.63) is 47.8 Å². The smallest absolute Gasteiger partial charge is 0.404 e. The van der Waals surface area contributed by atoms with Gasteiger partial charge in [-0.3, -0.25) is 4.98 Å². The summed E-state index contributed by atoms with van der Waals surface area (Å²) in [6.07, 6.45) is 5.32. The van der Waals surface area contributed by atoms with E-state index in [1.54, 1.807) is 31.6 Å². The van der Waals surface area contributed by atoms with Gasteiger partial charge in [-0.15, -0.1) is 4.80 Å². The second-order valence-electron chi connectivity index (χ2n) is 7.84. The van der Waals surface area contributed by atoms with Crippen LogP contribution in [0.25, 0.3) is 5.69 Å². The Morgan fingerprint density at radius 2 is 2.03 bits per heavy atom. The Morgan fingerprint density at radius 3 is 2.67 bits per heavy atom. The van der Waals surface area contributed by atoms with E-state index in [2.05, 4.69) is 36.1 Å². The molecule has 4 rings (SSSR count). The zero-order valence-electron chi connectivity index (χ0n) is 17.9. The van der Waals surface area contributed by atoms with Gasteiger partial charge in [0.05, 0.1) is 41.6 Å². The van der Waals surface area contributed by atoms with Crippen molar-refractivity contribution < 1.29 is 14.3 Å². The van der Waals surface area contributed by atoms with Gasteiger partial charge in [0, 0.05) is 6.04 Å². The van der Waals surface area contributed by atoms with Crippen LogP contribution in [0, 0.1) is 30.0 Å². The molecule has 1 fully saturated rings. The number of halogens is 1. The Kier molecular flexibility index (Phi) is 6.03. The van der Waals surface area contributed by atoms with Gasteiger partial charge in [0.25, 0.3) is 0 Å². The summed E-state index contributed by atoms with van der Waals surface area (Å²) >= 11 is 0. The number of anilines is 3. The van der Waals surface area contributed by atoms with Crippen LogP contribution in [0.1, 0.15) is 31.0 Å². The van der Waals surface area contributed by atoms with Crippen LogP contribution >= 0.6 is 0 Å². The van der Waals surface area contributed by atoms with E-state index in [1.807, 2.05) is 13.0 Å². The molecule has 3 aromatic rings. The Balaban J connectivity index is 1.60. The van der Waals surface area contributed by atoms with Crippen LogP contribution in [0.3, 0.4) is 0 Å². The number of aromatic nitrogens is 5. The van der Waals surface area contributed by atoms with Crippen molar-refractivity contribution in [1.82, 2.24) is 30.3 Å². The Morgan fingerprint density at radius 1 is 1.30 bits per heavy atom. The lowest BCUT2D eigenvalue weighted by molar-refractivity contribution is 0.186. The summed E-state index contributed by atoms with van der Waals surface area (Å²) in [6, 6.07) is 3.95. The van der Waals surface area contributed by atoms with Crippen molar-refractivity contribution in [2.24, 2.45) is 5.92 Å². The number of nitrogens with one attached hydrogen (secondary N) is 3. The molecule has 3 aromatic heterocycles. The lowest BCUT2D eigenvalue weighted by Crippen LogP contribution is -2.46. The van der Waals surface area contributed by atoms with Crippen LogP contribution in [0.4, 0.5) is 26.5 Å². The highest BCUT2D eigenvalue weighted by Crippen LogP contribution is 2.35. The van der Waals surface area contributed by atoms with Gasteiger partial charge in [0.15, 0.2) is 17.5 Å². The second kappa shape index (κ2) is 9.07. The minimum Gasteiger partial charge on any atom is -0.465 e. The van der Waals surface area contributed by atoms with Crippen molar-refractivity contribution in [1.29, 1.82) is 5.26 Å². The first-order valence-electron chi connectivity index (χ1n) is 10.3. The molecule has 0 bridgehead atoms. The molecule has 0 aliphatic heterocycles. The number of hydrogen-bond donors (Lipinski definition) is 4. The highest BCUT2D eigenvalue weighted by Gasteiger charge is 2.36. The van der Waals surface area contributed by atoms with Crippen LogP contribution in [0.2, 0.25) is 0 Å². The number of carboxylic acid groups (broad SMARTS) is 1. The fourth-order valence-electron chi connectivity index (χ4n) is 3.59. The molecule has 2 atom stereocenters. The first-order valence-corrected chi connectivity index (χ1v) is 10.3. The van der Waals surface area contributed by atoms with Gasteiger partial charge in [0.1, 0.15) is 11.8 Å². The molecule has 12 heteroatoms. The predicted octanol–water partition coefficient (Wildman–Crippen LogP) is 2.97. The summed E-state index contributed by atoms with van der Waals surface area (Å²) < 4.78 is 14.7. The van der Waals surface area contributed by atoms with E-state index in [0.717, 1.165) is 18.9 Å². The number of pyridine rings is 2. The van der Waals surface area contributed by atoms with E-state index in [-0.39, 0.29) is 29.2 Å². The molecule has 0 spiro atoms. The Labute approximate surface area is 188 Å². The normalized spacial score (nSPS) is 14.7. The molecule has 0 aromatic carbocycles. The molecule has 1 saturated carbocycles. The van der Waals surface area contributed by atoms with Crippen molar-refractivity contribution in [2.45, 2.75) is 38.8 Å². The highest BCUT2D eigenvalue weighted by molar-refractivity contribution is 5.67. The first-order chi connectivity index (χ1) is 15.9. The topological polar surface area (TPSA) is 154 Å². The van der Waals surface area contributed by atoms with E-state index in [4.69, 9.17) is 5.11 Å². The number of hydrogen-bond acceptors (Lipinski definition) is 8. The van der Waals surface area contributed by atoms with Crippen LogP contribution < -0.4 is 16.0 Å². The van der Waals surface area contributed by atoms with E-state index in [9.17, 15) is 14.4 Å². The van der Waals surface area contributed by atoms with Crippen LogP contribution in [0.5, 0.6) is 0 Å². The molecule has 0 saturated heterocycles. The summed E-state index contributed by atoms with van der Waals surface area (Å²) in [6.45, 7) is 3.57. The molecule has 0 unspecified atom stereocenters. The molecule has 4 N–H and O–H groups in total. The van der Waals surface area contributed by atoms with Gasteiger partial charge in [-0.25, -0.2) is 14.2 Å². The lowest BCUT2D eigenvalue weighted by Gasteiger charge is -2.25. The maximum absolute atomic E-state index is 14.7. The van der Waals surface area contributed by atoms with E-state index < -0.39 is 18.0 Å². The summed E-state index contributed by atoms with van der Waals surface area (Å²) in [5, 5.41) is 35.3. The molecule has 170 valence electrons. The van der Waals surface area contributed by atoms with Crippen molar-refractivity contribution in [3.63, 3.8) is 0 Å². The van der Waals surface area contributed by atoms with Crippen molar-refractivity contribution in [3.8, 4) is 11.8 Å². The van der Waals surface area contributed by atoms with E-state index >= 15 is 0 Å². The molecule has 3 heterocycles. The third-order valence-corrected chi connectivity index (χ3v) is 5.38. The third-order valence-electron chi connectivity index (χ3n) is 5.38. The first kappa shape index (κ1) is 21.9.